The second-order valence-electron chi connectivity index (χ2n) is 4.90. The molecule has 112 valence electrons. The topological polar surface area (TPSA) is 89.2 Å². The largest absolute Gasteiger partial charge is 0.349 e. The van der Waals surface area contributed by atoms with Crippen molar-refractivity contribution in [1.82, 2.24) is 15.2 Å². The lowest BCUT2D eigenvalue weighted by Gasteiger charge is -2.10. The minimum absolute atomic E-state index is 0.0519. The maximum absolute atomic E-state index is 12.0. The minimum Gasteiger partial charge on any atom is -0.349 e. The van der Waals surface area contributed by atoms with Crippen molar-refractivity contribution >= 4 is 11.6 Å². The van der Waals surface area contributed by atoms with Crippen molar-refractivity contribution in [3.63, 3.8) is 0 Å². The second kappa shape index (κ2) is 7.64. The molecule has 7 nitrogen and oxygen atoms in total. The highest BCUT2D eigenvalue weighted by Crippen LogP contribution is 2.16. The van der Waals surface area contributed by atoms with E-state index in [1.54, 1.807) is 4.57 Å². The molecule has 7 heteroatoms. The Balaban J connectivity index is 2.68. The smallest absolute Gasteiger partial charge is 0.287 e. The molecule has 0 aliphatic heterocycles. The van der Waals surface area contributed by atoms with Crippen LogP contribution in [0.1, 0.15) is 37.7 Å². The first-order valence-electron chi connectivity index (χ1n) is 6.81. The first-order valence-corrected chi connectivity index (χ1v) is 6.81. The fraction of sp³-hybridized carbons (Fsp3) is 0.615. The Labute approximate surface area is 118 Å². The number of rotatable bonds is 8. The van der Waals surface area contributed by atoms with Gasteiger partial charge in [0.05, 0.1) is 11.1 Å². The summed E-state index contributed by atoms with van der Waals surface area (Å²) in [6.07, 6.45) is 2.21. The lowest BCUT2D eigenvalue weighted by Crippen LogP contribution is -2.35. The molecule has 0 spiro atoms. The summed E-state index contributed by atoms with van der Waals surface area (Å²) < 4.78 is 1.63. The average Bonchev–Trinajstić information content (AvgIpc) is 2.79. The Kier molecular flexibility index (Phi) is 6.17. The van der Waals surface area contributed by atoms with Crippen molar-refractivity contribution in [1.29, 1.82) is 0 Å². The normalized spacial score (nSPS) is 10.8. The van der Waals surface area contributed by atoms with Gasteiger partial charge in [-0.2, -0.15) is 0 Å². The van der Waals surface area contributed by atoms with Crippen LogP contribution in [0, 0.1) is 10.1 Å². The summed E-state index contributed by atoms with van der Waals surface area (Å²) in [5.41, 5.74) is 0.284. The van der Waals surface area contributed by atoms with Crippen molar-refractivity contribution in [2.24, 2.45) is 0 Å². The number of amides is 1. The van der Waals surface area contributed by atoms with Crippen LogP contribution in [-0.2, 0) is 6.54 Å². The second-order valence-corrected chi connectivity index (χ2v) is 4.90. The summed E-state index contributed by atoms with van der Waals surface area (Å²) in [6.45, 7) is 7.75. The van der Waals surface area contributed by atoms with Gasteiger partial charge in [0.25, 0.3) is 11.6 Å². The monoisotopic (exact) mass is 282 g/mol. The molecule has 0 radical (unpaired) electrons. The zero-order valence-corrected chi connectivity index (χ0v) is 12.2. The van der Waals surface area contributed by atoms with Crippen LogP contribution in [0.4, 0.5) is 5.69 Å². The molecule has 0 atom stereocenters. The van der Waals surface area contributed by atoms with Crippen LogP contribution >= 0.6 is 0 Å². The van der Waals surface area contributed by atoms with E-state index in [0.29, 0.717) is 31.4 Å². The molecule has 1 heterocycles. The van der Waals surface area contributed by atoms with Gasteiger partial charge in [-0.3, -0.25) is 14.9 Å². The van der Waals surface area contributed by atoms with Crippen LogP contribution in [0.15, 0.2) is 12.3 Å². The Morgan fingerprint density at radius 2 is 2.15 bits per heavy atom. The molecule has 2 N–H and O–H groups in total. The van der Waals surface area contributed by atoms with Crippen LogP contribution in [0.5, 0.6) is 0 Å². The van der Waals surface area contributed by atoms with E-state index in [1.165, 1.54) is 12.3 Å². The van der Waals surface area contributed by atoms with E-state index in [2.05, 4.69) is 10.6 Å². The number of aryl methyl sites for hydroxylation is 1. The number of hydrogen-bond donors (Lipinski definition) is 2. The van der Waals surface area contributed by atoms with Gasteiger partial charge in [-0.15, -0.1) is 0 Å². The van der Waals surface area contributed by atoms with E-state index in [9.17, 15) is 14.9 Å². The van der Waals surface area contributed by atoms with E-state index in [4.69, 9.17) is 0 Å². The number of nitrogens with one attached hydrogen (secondary N) is 2. The molecule has 1 rings (SSSR count). The molecule has 1 aromatic rings. The molecule has 1 aromatic heterocycles. The Morgan fingerprint density at radius 3 is 2.70 bits per heavy atom. The Hall–Kier alpha value is -1.89. The predicted octanol–water partition coefficient (Wildman–Crippen LogP) is 1.53. The highest BCUT2D eigenvalue weighted by molar-refractivity contribution is 5.93. The van der Waals surface area contributed by atoms with Crippen molar-refractivity contribution in [3.8, 4) is 0 Å². The van der Waals surface area contributed by atoms with Crippen molar-refractivity contribution < 1.29 is 9.72 Å². The van der Waals surface area contributed by atoms with Gasteiger partial charge >= 0.3 is 0 Å². The number of hydrogen-bond acceptors (Lipinski definition) is 4. The van der Waals surface area contributed by atoms with Crippen LogP contribution in [0.3, 0.4) is 0 Å². The molecule has 0 aromatic carbocycles. The number of nitrogens with zero attached hydrogens (tertiary/aromatic N) is 2. The molecular formula is C13H22N4O3. The van der Waals surface area contributed by atoms with E-state index < -0.39 is 4.92 Å². The first kappa shape index (κ1) is 16.2. The van der Waals surface area contributed by atoms with Crippen LogP contribution in [0.25, 0.3) is 0 Å². The first-order chi connectivity index (χ1) is 9.45. The quantitative estimate of drug-likeness (QED) is 0.430. The van der Waals surface area contributed by atoms with Gasteiger partial charge in [0.1, 0.15) is 5.69 Å². The molecule has 0 fully saturated rings. The third-order valence-corrected chi connectivity index (χ3v) is 2.75. The lowest BCUT2D eigenvalue weighted by molar-refractivity contribution is -0.384. The molecule has 0 saturated heterocycles. The Morgan fingerprint density at radius 1 is 1.45 bits per heavy atom. The SMILES string of the molecule is CCCn1cc([N+](=O)[O-])cc1C(=O)NCCNC(C)C. The van der Waals surface area contributed by atoms with Gasteiger partial charge in [-0.05, 0) is 6.42 Å². The molecule has 0 unspecified atom stereocenters. The van der Waals surface area contributed by atoms with Crippen LogP contribution in [-0.4, -0.2) is 34.5 Å². The summed E-state index contributed by atoms with van der Waals surface area (Å²) in [7, 11) is 0. The third kappa shape index (κ3) is 4.65. The summed E-state index contributed by atoms with van der Waals surface area (Å²) in [6, 6.07) is 1.68. The van der Waals surface area contributed by atoms with E-state index in [0.717, 1.165) is 6.42 Å². The third-order valence-electron chi connectivity index (χ3n) is 2.75. The van der Waals surface area contributed by atoms with Gasteiger partial charge in [0.2, 0.25) is 0 Å². The number of aromatic nitrogens is 1. The van der Waals surface area contributed by atoms with E-state index in [-0.39, 0.29) is 11.6 Å². The van der Waals surface area contributed by atoms with Gasteiger partial charge in [0.15, 0.2) is 0 Å². The highest BCUT2D eigenvalue weighted by atomic mass is 16.6. The molecule has 0 saturated carbocycles. The van der Waals surface area contributed by atoms with Crippen molar-refractivity contribution in [2.75, 3.05) is 13.1 Å². The minimum atomic E-state index is -0.483. The Bertz CT molecular complexity index is 468. The highest BCUT2D eigenvalue weighted by Gasteiger charge is 2.18. The standard InChI is InChI=1S/C13H22N4O3/c1-4-7-16-9-11(17(19)20)8-12(16)13(18)15-6-5-14-10(2)3/h8-10,14H,4-7H2,1-3H3,(H,15,18). The number of nitro groups is 1. The summed E-state index contributed by atoms with van der Waals surface area (Å²) >= 11 is 0. The van der Waals surface area contributed by atoms with E-state index >= 15 is 0 Å². The predicted molar refractivity (Wildman–Crippen MR) is 76.8 cm³/mol. The van der Waals surface area contributed by atoms with Crippen LogP contribution in [0.2, 0.25) is 0 Å². The molecule has 0 bridgehead atoms. The van der Waals surface area contributed by atoms with Crippen molar-refractivity contribution in [2.45, 2.75) is 39.8 Å². The molecule has 1 amide bonds. The lowest BCUT2D eigenvalue weighted by atomic mass is 10.3. The fourth-order valence-corrected chi connectivity index (χ4v) is 1.84. The van der Waals surface area contributed by atoms with Gasteiger partial charge in [-0.25, -0.2) is 0 Å². The zero-order valence-electron chi connectivity index (χ0n) is 12.2. The fourth-order valence-electron chi connectivity index (χ4n) is 1.84. The summed E-state index contributed by atoms with van der Waals surface area (Å²) in [4.78, 5) is 22.3. The number of carbonyl (C=O) groups is 1. The summed E-state index contributed by atoms with van der Waals surface area (Å²) in [5.74, 6) is -0.280. The van der Waals surface area contributed by atoms with Crippen molar-refractivity contribution in [3.05, 3.63) is 28.1 Å². The molecule has 0 aliphatic carbocycles. The zero-order chi connectivity index (χ0) is 15.1. The number of carbonyl (C=O) groups excluding carboxylic acids is 1. The van der Waals surface area contributed by atoms with Crippen LogP contribution < -0.4 is 10.6 Å². The van der Waals surface area contributed by atoms with Gasteiger partial charge in [0, 0.05) is 31.7 Å². The van der Waals surface area contributed by atoms with Gasteiger partial charge < -0.3 is 15.2 Å². The maximum atomic E-state index is 12.0. The molecule has 20 heavy (non-hydrogen) atoms. The molecule has 0 aliphatic rings. The van der Waals surface area contributed by atoms with Gasteiger partial charge in [-0.1, -0.05) is 20.8 Å². The van der Waals surface area contributed by atoms with E-state index in [1.807, 2.05) is 20.8 Å². The maximum Gasteiger partial charge on any atom is 0.287 e. The average molecular weight is 282 g/mol. The summed E-state index contributed by atoms with van der Waals surface area (Å²) in [5, 5.41) is 16.7. The molecular weight excluding hydrogens is 260 g/mol.